The molecular weight excluding hydrogens is 306 g/mol. The molecule has 4 heteroatoms. The van der Waals surface area contributed by atoms with Crippen LogP contribution in [0.3, 0.4) is 0 Å². The lowest BCUT2D eigenvalue weighted by Crippen LogP contribution is -2.33. The van der Waals surface area contributed by atoms with Gasteiger partial charge in [0.05, 0.1) is 6.61 Å². The first-order chi connectivity index (χ1) is 10.9. The van der Waals surface area contributed by atoms with Gasteiger partial charge in [0.25, 0.3) is 5.91 Å². The molecule has 0 saturated carbocycles. The first-order valence-electron chi connectivity index (χ1n) is 7.81. The summed E-state index contributed by atoms with van der Waals surface area (Å²) in [6.07, 6.45) is 0. The van der Waals surface area contributed by atoms with Gasteiger partial charge in [0.15, 0.2) is 0 Å². The molecule has 124 valence electrons. The molecule has 1 aromatic heterocycles. The fourth-order valence-electron chi connectivity index (χ4n) is 2.35. The van der Waals surface area contributed by atoms with Crippen molar-refractivity contribution in [1.29, 1.82) is 0 Å². The topological polar surface area (TPSA) is 29.5 Å². The predicted molar refractivity (Wildman–Crippen MR) is 96.1 cm³/mol. The lowest BCUT2D eigenvalue weighted by atomic mass is 9.86. The summed E-state index contributed by atoms with van der Waals surface area (Å²) in [5, 5.41) is 4.11. The van der Waals surface area contributed by atoms with Crippen LogP contribution in [0.15, 0.2) is 41.1 Å². The number of carbonyl (C=O) groups is 1. The van der Waals surface area contributed by atoms with E-state index in [2.05, 4.69) is 32.2 Å². The highest BCUT2D eigenvalue weighted by Crippen LogP contribution is 2.23. The Kier molecular flexibility index (Phi) is 5.97. The zero-order valence-electron chi connectivity index (χ0n) is 14.3. The van der Waals surface area contributed by atoms with Crippen LogP contribution >= 0.6 is 11.3 Å². The fraction of sp³-hybridized carbons (Fsp3) is 0.421. The Morgan fingerprint density at radius 1 is 1.17 bits per heavy atom. The van der Waals surface area contributed by atoms with Gasteiger partial charge in [-0.15, -0.1) is 0 Å². The maximum atomic E-state index is 12.8. The molecule has 1 aromatic carbocycles. The van der Waals surface area contributed by atoms with E-state index in [4.69, 9.17) is 4.74 Å². The second-order valence-electron chi connectivity index (χ2n) is 6.68. The van der Waals surface area contributed by atoms with Crippen molar-refractivity contribution in [1.82, 2.24) is 4.90 Å². The van der Waals surface area contributed by atoms with E-state index in [1.807, 2.05) is 34.5 Å². The van der Waals surface area contributed by atoms with Crippen LogP contribution in [0, 0.1) is 0 Å². The number of amides is 1. The number of carbonyl (C=O) groups excluding carboxylic acids is 1. The molecule has 23 heavy (non-hydrogen) atoms. The minimum absolute atomic E-state index is 0.0497. The minimum Gasteiger partial charge on any atom is -0.383 e. The Bertz CT molecular complexity index is 612. The number of hydrogen-bond acceptors (Lipinski definition) is 3. The number of nitrogens with zero attached hydrogens (tertiary/aromatic N) is 1. The van der Waals surface area contributed by atoms with Gasteiger partial charge in [-0.25, -0.2) is 0 Å². The molecule has 2 rings (SSSR count). The summed E-state index contributed by atoms with van der Waals surface area (Å²) >= 11 is 1.65. The van der Waals surface area contributed by atoms with Crippen molar-refractivity contribution in [3.05, 3.63) is 57.8 Å². The molecule has 0 aliphatic carbocycles. The van der Waals surface area contributed by atoms with E-state index in [1.54, 1.807) is 18.4 Å². The van der Waals surface area contributed by atoms with E-state index in [0.29, 0.717) is 19.7 Å². The summed E-state index contributed by atoms with van der Waals surface area (Å²) in [4.78, 5) is 14.7. The van der Waals surface area contributed by atoms with Crippen LogP contribution in [0.25, 0.3) is 0 Å². The predicted octanol–water partition coefficient (Wildman–Crippen LogP) is 4.33. The average molecular weight is 331 g/mol. The van der Waals surface area contributed by atoms with E-state index < -0.39 is 0 Å². The third-order valence-corrected chi connectivity index (χ3v) is 4.54. The molecule has 2 aromatic rings. The summed E-state index contributed by atoms with van der Waals surface area (Å²) in [7, 11) is 1.66. The van der Waals surface area contributed by atoms with Crippen LogP contribution in [-0.4, -0.2) is 31.1 Å². The highest BCUT2D eigenvalue weighted by Gasteiger charge is 2.18. The lowest BCUT2D eigenvalue weighted by Gasteiger charge is -2.23. The molecule has 0 spiro atoms. The molecule has 1 amide bonds. The van der Waals surface area contributed by atoms with E-state index in [0.717, 1.165) is 11.1 Å². The molecule has 0 unspecified atom stereocenters. The van der Waals surface area contributed by atoms with Crippen LogP contribution in [-0.2, 0) is 16.7 Å². The summed E-state index contributed by atoms with van der Waals surface area (Å²) in [6.45, 7) is 8.26. The number of rotatable bonds is 6. The summed E-state index contributed by atoms with van der Waals surface area (Å²) < 4.78 is 5.15. The molecule has 0 aliphatic heterocycles. The maximum absolute atomic E-state index is 12.8. The monoisotopic (exact) mass is 331 g/mol. The van der Waals surface area contributed by atoms with Gasteiger partial charge in [-0.05, 0) is 45.5 Å². The second-order valence-corrected chi connectivity index (χ2v) is 7.46. The lowest BCUT2D eigenvalue weighted by molar-refractivity contribution is 0.0680. The van der Waals surface area contributed by atoms with Crippen LogP contribution in [0.2, 0.25) is 0 Å². The standard InChI is InChI=1S/C19H25NO2S/c1-19(2,3)17-7-5-16(6-8-17)18(21)20(10-11-22-4)13-15-9-12-23-14-15/h5-9,12,14H,10-11,13H2,1-4H3. The molecule has 0 bridgehead atoms. The molecule has 1 heterocycles. The molecule has 0 fully saturated rings. The largest absolute Gasteiger partial charge is 0.383 e. The molecule has 0 radical (unpaired) electrons. The van der Waals surface area contributed by atoms with Crippen molar-refractivity contribution in [2.75, 3.05) is 20.3 Å². The number of thiophene rings is 1. The minimum atomic E-state index is 0.0497. The molecule has 0 atom stereocenters. The third-order valence-electron chi connectivity index (χ3n) is 3.80. The van der Waals surface area contributed by atoms with Crippen molar-refractivity contribution >= 4 is 17.2 Å². The maximum Gasteiger partial charge on any atom is 0.254 e. The molecular formula is C19H25NO2S. The highest BCUT2D eigenvalue weighted by atomic mass is 32.1. The molecule has 0 aliphatic rings. The van der Waals surface area contributed by atoms with E-state index >= 15 is 0 Å². The van der Waals surface area contributed by atoms with Gasteiger partial charge in [0.1, 0.15) is 0 Å². The van der Waals surface area contributed by atoms with Gasteiger partial charge in [0, 0.05) is 25.8 Å². The number of benzene rings is 1. The second kappa shape index (κ2) is 7.75. The molecule has 3 nitrogen and oxygen atoms in total. The van der Waals surface area contributed by atoms with Crippen LogP contribution in [0.1, 0.15) is 42.3 Å². The van der Waals surface area contributed by atoms with Crippen molar-refractivity contribution in [3.8, 4) is 0 Å². The van der Waals surface area contributed by atoms with Crippen molar-refractivity contribution < 1.29 is 9.53 Å². The SMILES string of the molecule is COCCN(Cc1ccsc1)C(=O)c1ccc(C(C)(C)C)cc1. The molecule has 0 N–H and O–H groups in total. The molecule has 0 saturated heterocycles. The Hall–Kier alpha value is -1.65. The van der Waals surface area contributed by atoms with Gasteiger partial charge in [-0.3, -0.25) is 4.79 Å². The van der Waals surface area contributed by atoms with Crippen molar-refractivity contribution in [2.24, 2.45) is 0 Å². The average Bonchev–Trinajstić information content (AvgIpc) is 3.03. The third kappa shape index (κ3) is 4.91. The van der Waals surface area contributed by atoms with Crippen LogP contribution in [0.5, 0.6) is 0 Å². The first-order valence-corrected chi connectivity index (χ1v) is 8.76. The Balaban J connectivity index is 2.15. The normalized spacial score (nSPS) is 11.5. The highest BCUT2D eigenvalue weighted by molar-refractivity contribution is 7.07. The van der Waals surface area contributed by atoms with Gasteiger partial charge in [0.2, 0.25) is 0 Å². The number of hydrogen-bond donors (Lipinski definition) is 0. The first kappa shape index (κ1) is 17.7. The van der Waals surface area contributed by atoms with Gasteiger partial charge < -0.3 is 9.64 Å². The Morgan fingerprint density at radius 2 is 1.87 bits per heavy atom. The van der Waals surface area contributed by atoms with Gasteiger partial charge in [-0.2, -0.15) is 11.3 Å². The fourth-order valence-corrected chi connectivity index (χ4v) is 3.01. The summed E-state index contributed by atoms with van der Waals surface area (Å²) in [5.41, 5.74) is 3.21. The van der Waals surface area contributed by atoms with E-state index in [9.17, 15) is 4.79 Å². The van der Waals surface area contributed by atoms with Gasteiger partial charge >= 0.3 is 0 Å². The Morgan fingerprint density at radius 3 is 2.39 bits per heavy atom. The zero-order valence-corrected chi connectivity index (χ0v) is 15.2. The Labute approximate surface area is 142 Å². The quantitative estimate of drug-likeness (QED) is 0.788. The van der Waals surface area contributed by atoms with E-state index in [1.165, 1.54) is 5.56 Å². The van der Waals surface area contributed by atoms with Crippen molar-refractivity contribution in [3.63, 3.8) is 0 Å². The summed E-state index contributed by atoms with van der Waals surface area (Å²) in [6, 6.07) is 10.0. The summed E-state index contributed by atoms with van der Waals surface area (Å²) in [5.74, 6) is 0.0497. The number of ether oxygens (including phenoxy) is 1. The van der Waals surface area contributed by atoms with Gasteiger partial charge in [-0.1, -0.05) is 32.9 Å². The van der Waals surface area contributed by atoms with E-state index in [-0.39, 0.29) is 11.3 Å². The smallest absolute Gasteiger partial charge is 0.254 e. The van der Waals surface area contributed by atoms with Crippen LogP contribution in [0.4, 0.5) is 0 Å². The number of methoxy groups -OCH3 is 1. The zero-order chi connectivity index (χ0) is 16.9. The van der Waals surface area contributed by atoms with Crippen molar-refractivity contribution in [2.45, 2.75) is 32.7 Å². The van der Waals surface area contributed by atoms with Crippen LogP contribution < -0.4 is 0 Å².